The Morgan fingerprint density at radius 2 is 2.00 bits per heavy atom. The average molecular weight is 204 g/mol. The minimum atomic E-state index is -0.537. The van der Waals surface area contributed by atoms with Crippen molar-refractivity contribution >= 4 is 17.0 Å². The summed E-state index contributed by atoms with van der Waals surface area (Å²) in [5.41, 5.74) is 1.44. The van der Waals surface area contributed by atoms with E-state index in [1.165, 1.54) is 13.1 Å². The molecule has 0 saturated heterocycles. The van der Waals surface area contributed by atoms with E-state index in [1.807, 2.05) is 18.2 Å². The van der Waals surface area contributed by atoms with Gasteiger partial charge in [-0.3, -0.25) is 4.89 Å². The number of hydrogen-bond donors (Lipinski definition) is 0. The summed E-state index contributed by atoms with van der Waals surface area (Å²) < 4.78 is 0. The van der Waals surface area contributed by atoms with Crippen molar-refractivity contribution in [2.45, 2.75) is 6.92 Å². The Bertz CT molecular complexity index is 499. The van der Waals surface area contributed by atoms with Gasteiger partial charge in [0, 0.05) is 6.92 Å². The van der Waals surface area contributed by atoms with Crippen molar-refractivity contribution in [3.63, 3.8) is 0 Å². The van der Waals surface area contributed by atoms with Crippen molar-refractivity contribution in [1.82, 2.24) is 9.97 Å². The highest BCUT2D eigenvalue weighted by Crippen LogP contribution is 2.12. The summed E-state index contributed by atoms with van der Waals surface area (Å²) in [5.74, 6) is -0.381. The van der Waals surface area contributed by atoms with E-state index in [4.69, 9.17) is 0 Å². The largest absolute Gasteiger partial charge is 0.352 e. The lowest BCUT2D eigenvalue weighted by molar-refractivity contribution is -0.212. The number of rotatable bonds is 2. The maximum absolute atomic E-state index is 10.5. The fraction of sp³-hybridized carbons (Fsp3) is 0.100. The fourth-order valence-corrected chi connectivity index (χ4v) is 1.08. The van der Waals surface area contributed by atoms with Gasteiger partial charge in [0.1, 0.15) is 0 Å². The Balaban J connectivity index is 2.26. The van der Waals surface area contributed by atoms with Gasteiger partial charge in [-0.15, -0.1) is 0 Å². The Kier molecular flexibility index (Phi) is 2.45. The predicted molar refractivity (Wildman–Crippen MR) is 51.9 cm³/mol. The number of nitrogens with zero attached hydrogens (tertiary/aromatic N) is 2. The van der Waals surface area contributed by atoms with Crippen LogP contribution in [0.15, 0.2) is 30.5 Å². The predicted octanol–water partition coefficient (Wildman–Crippen LogP) is 1.49. The van der Waals surface area contributed by atoms with E-state index in [1.54, 1.807) is 6.07 Å². The molecule has 0 N–H and O–H groups in total. The third kappa shape index (κ3) is 2.19. The highest BCUT2D eigenvalue weighted by atomic mass is 17.2. The van der Waals surface area contributed by atoms with Crippen LogP contribution in [0, 0.1) is 0 Å². The molecule has 1 aromatic carbocycles. The van der Waals surface area contributed by atoms with Crippen LogP contribution in [-0.2, 0) is 9.68 Å². The quantitative estimate of drug-likeness (QED) is 0.547. The van der Waals surface area contributed by atoms with Gasteiger partial charge in [-0.25, -0.2) is 19.7 Å². The van der Waals surface area contributed by atoms with Gasteiger partial charge in [0.25, 0.3) is 5.88 Å². The van der Waals surface area contributed by atoms with E-state index in [2.05, 4.69) is 19.7 Å². The topological polar surface area (TPSA) is 61.3 Å². The van der Waals surface area contributed by atoms with E-state index in [9.17, 15) is 4.79 Å². The molecule has 5 nitrogen and oxygen atoms in total. The van der Waals surface area contributed by atoms with Crippen molar-refractivity contribution in [2.75, 3.05) is 0 Å². The summed E-state index contributed by atoms with van der Waals surface area (Å²) >= 11 is 0. The monoisotopic (exact) mass is 204 g/mol. The number of aromatic nitrogens is 2. The molecule has 76 valence electrons. The summed E-state index contributed by atoms with van der Waals surface area (Å²) in [6, 6.07) is 7.33. The van der Waals surface area contributed by atoms with E-state index in [0.717, 1.165) is 5.52 Å². The summed E-state index contributed by atoms with van der Waals surface area (Å²) in [7, 11) is 0. The molecule has 0 aliphatic carbocycles. The van der Waals surface area contributed by atoms with Crippen molar-refractivity contribution < 1.29 is 14.6 Å². The molecule has 0 spiro atoms. The Hall–Kier alpha value is -2.17. The minimum absolute atomic E-state index is 0.156. The SMILES string of the molecule is CC(=O)OOc1cnc2ccccc2n1. The maximum atomic E-state index is 10.5. The molecule has 2 rings (SSSR count). The molecule has 1 aromatic heterocycles. The second-order valence-corrected chi connectivity index (χ2v) is 2.86. The number of carbonyl (C=O) groups is 1. The first-order valence-corrected chi connectivity index (χ1v) is 4.32. The Morgan fingerprint density at radius 3 is 2.73 bits per heavy atom. The lowest BCUT2D eigenvalue weighted by Crippen LogP contribution is -2.04. The molecule has 1 heterocycles. The number of carbonyl (C=O) groups excluding carboxylic acids is 1. The number of benzene rings is 1. The zero-order chi connectivity index (χ0) is 10.7. The lowest BCUT2D eigenvalue weighted by atomic mass is 10.3. The number of para-hydroxylation sites is 2. The van der Waals surface area contributed by atoms with Gasteiger partial charge in [0.2, 0.25) is 0 Å². The van der Waals surface area contributed by atoms with Crippen LogP contribution >= 0.6 is 0 Å². The van der Waals surface area contributed by atoms with Gasteiger partial charge in [-0.1, -0.05) is 12.1 Å². The molecular formula is C10H8N2O3. The standard InChI is InChI=1S/C10H8N2O3/c1-7(13)14-15-10-6-11-8-4-2-3-5-9(8)12-10/h2-6H,1H3. The van der Waals surface area contributed by atoms with Gasteiger partial charge in [0.05, 0.1) is 17.2 Å². The van der Waals surface area contributed by atoms with Crippen LogP contribution in [0.2, 0.25) is 0 Å². The molecule has 0 fully saturated rings. The zero-order valence-electron chi connectivity index (χ0n) is 8.01. The number of hydrogen-bond acceptors (Lipinski definition) is 5. The number of fused-ring (bicyclic) bond motifs is 1. The molecular weight excluding hydrogens is 196 g/mol. The first kappa shape index (κ1) is 9.39. The van der Waals surface area contributed by atoms with E-state index in [-0.39, 0.29) is 5.88 Å². The normalized spacial score (nSPS) is 9.93. The van der Waals surface area contributed by atoms with Crippen LogP contribution in [0.4, 0.5) is 0 Å². The molecule has 0 aliphatic rings. The van der Waals surface area contributed by atoms with Gasteiger partial charge >= 0.3 is 5.97 Å². The molecule has 15 heavy (non-hydrogen) atoms. The van der Waals surface area contributed by atoms with Crippen LogP contribution in [0.25, 0.3) is 11.0 Å². The van der Waals surface area contributed by atoms with Crippen LogP contribution < -0.4 is 4.89 Å². The second-order valence-electron chi connectivity index (χ2n) is 2.86. The van der Waals surface area contributed by atoms with Gasteiger partial charge in [0.15, 0.2) is 0 Å². The molecule has 0 saturated carbocycles. The van der Waals surface area contributed by atoms with Crippen molar-refractivity contribution in [1.29, 1.82) is 0 Å². The van der Waals surface area contributed by atoms with Crippen LogP contribution in [0.3, 0.4) is 0 Å². The summed E-state index contributed by atoms with van der Waals surface area (Å²) in [6.45, 7) is 1.24. The van der Waals surface area contributed by atoms with Crippen LogP contribution in [0.5, 0.6) is 5.88 Å². The van der Waals surface area contributed by atoms with Gasteiger partial charge < -0.3 is 0 Å². The molecule has 2 aromatic rings. The smallest absolute Gasteiger partial charge is 0.264 e. The Morgan fingerprint density at radius 1 is 1.27 bits per heavy atom. The summed E-state index contributed by atoms with van der Waals surface area (Å²) in [5, 5.41) is 0. The third-order valence-electron chi connectivity index (χ3n) is 1.67. The highest BCUT2D eigenvalue weighted by molar-refractivity contribution is 5.74. The van der Waals surface area contributed by atoms with Crippen molar-refractivity contribution in [2.24, 2.45) is 0 Å². The first-order valence-electron chi connectivity index (χ1n) is 4.32. The summed E-state index contributed by atoms with van der Waals surface area (Å²) in [4.78, 5) is 27.6. The highest BCUT2D eigenvalue weighted by Gasteiger charge is 2.02. The molecule has 0 aliphatic heterocycles. The lowest BCUT2D eigenvalue weighted by Gasteiger charge is -2.01. The summed E-state index contributed by atoms with van der Waals surface area (Å²) in [6.07, 6.45) is 1.39. The zero-order valence-corrected chi connectivity index (χ0v) is 8.01. The molecule has 0 amide bonds. The molecule has 0 atom stereocenters. The third-order valence-corrected chi connectivity index (χ3v) is 1.67. The fourth-order valence-electron chi connectivity index (χ4n) is 1.08. The Labute approximate surface area is 85.6 Å². The van der Waals surface area contributed by atoms with Gasteiger partial charge in [-0.2, -0.15) is 0 Å². The van der Waals surface area contributed by atoms with E-state index >= 15 is 0 Å². The minimum Gasteiger partial charge on any atom is -0.264 e. The van der Waals surface area contributed by atoms with E-state index < -0.39 is 5.97 Å². The van der Waals surface area contributed by atoms with E-state index in [0.29, 0.717) is 5.52 Å². The van der Waals surface area contributed by atoms with Crippen molar-refractivity contribution in [3.05, 3.63) is 30.5 Å². The molecule has 5 heteroatoms. The average Bonchev–Trinajstić information content (AvgIpc) is 2.26. The molecule has 0 radical (unpaired) electrons. The molecule has 0 bridgehead atoms. The maximum Gasteiger partial charge on any atom is 0.352 e. The first-order chi connectivity index (χ1) is 7.25. The van der Waals surface area contributed by atoms with Crippen LogP contribution in [-0.4, -0.2) is 15.9 Å². The van der Waals surface area contributed by atoms with Gasteiger partial charge in [-0.05, 0) is 12.1 Å². The second kappa shape index (κ2) is 3.91. The molecule has 0 unspecified atom stereocenters. The van der Waals surface area contributed by atoms with Crippen LogP contribution in [0.1, 0.15) is 6.92 Å². The van der Waals surface area contributed by atoms with Crippen molar-refractivity contribution in [3.8, 4) is 5.88 Å².